The third-order valence-electron chi connectivity index (χ3n) is 6.19. The van der Waals surface area contributed by atoms with Crippen LogP contribution in [0, 0.1) is 0 Å². The van der Waals surface area contributed by atoms with Crippen molar-refractivity contribution in [1.82, 2.24) is 0 Å². The molecule has 2 heterocycles. The van der Waals surface area contributed by atoms with E-state index in [4.69, 9.17) is 0 Å². The number of carbonyl (C=O) groups is 2. The number of benzene rings is 2. The number of carboxylic acids is 1. The Hall–Kier alpha value is -0.883. The SMILES string of the molecule is O=C1C=CC2=C(c3ccccc3C(=O)O)c3ccc(O)c([As]4SCCS4)c3CC2=C1[As]1SCCS1. The van der Waals surface area contributed by atoms with Crippen LogP contribution < -0.4 is 4.35 Å². The zero-order valence-corrected chi connectivity index (χ0v) is 25.4. The van der Waals surface area contributed by atoms with E-state index in [1.807, 2.05) is 64.4 Å². The summed E-state index contributed by atoms with van der Waals surface area (Å²) in [5, 5.41) is 21.1. The fraction of sp³-hybridized carbons (Fsp3) is 0.200. The van der Waals surface area contributed by atoms with Crippen LogP contribution in [0.15, 0.2) is 64.1 Å². The van der Waals surface area contributed by atoms with Gasteiger partial charge in [-0.1, -0.05) is 0 Å². The average Bonchev–Trinajstić information content (AvgIpc) is 3.57. The van der Waals surface area contributed by atoms with Gasteiger partial charge in [-0.05, 0) is 0 Å². The summed E-state index contributed by atoms with van der Waals surface area (Å²) in [6.07, 6.45) is 4.23. The zero-order chi connectivity index (χ0) is 24.1. The Balaban J connectivity index is 1.68. The Morgan fingerprint density at radius 2 is 1.54 bits per heavy atom. The summed E-state index contributed by atoms with van der Waals surface area (Å²) in [6, 6.07) is 10.9. The molecule has 0 atom stereocenters. The number of rotatable bonds is 4. The fourth-order valence-electron chi connectivity index (χ4n) is 4.78. The second-order valence-corrected chi connectivity index (χ2v) is 31.3. The van der Waals surface area contributed by atoms with Gasteiger partial charge in [0, 0.05) is 0 Å². The summed E-state index contributed by atoms with van der Waals surface area (Å²) in [7, 11) is 7.89. The number of aromatic hydroxyl groups is 1. The first kappa shape index (κ1) is 24.5. The summed E-state index contributed by atoms with van der Waals surface area (Å²) in [5.74, 6) is 3.86. The van der Waals surface area contributed by atoms with Gasteiger partial charge in [0.15, 0.2) is 0 Å². The molecule has 2 aromatic carbocycles. The molecule has 0 amide bonds. The van der Waals surface area contributed by atoms with Crippen LogP contribution in [-0.2, 0) is 11.2 Å². The standard InChI is InChI=1S/C25H20As2O4S4/c28-20-7-5-15-18(23(20)26-32-9-10-33-26)13-19-16(6-8-21(29)24(19)27-34-11-12-35-27)22(15)14-3-1-2-4-17(14)25(30)31/h1-8,28H,9-13H2,(H,30,31). The number of hydrogen-bond acceptors (Lipinski definition) is 7. The van der Waals surface area contributed by atoms with Crippen molar-refractivity contribution in [3.63, 3.8) is 0 Å². The minimum absolute atomic E-state index is 0.115. The monoisotopic (exact) mass is 662 g/mol. The second kappa shape index (κ2) is 10.1. The fourth-order valence-corrected chi connectivity index (χ4v) is 35.3. The van der Waals surface area contributed by atoms with Crippen molar-refractivity contribution in [2.45, 2.75) is 6.42 Å². The zero-order valence-electron chi connectivity index (χ0n) is 18.4. The molecule has 0 bridgehead atoms. The number of carboxylic acid groups (broad SMARTS) is 1. The molecule has 10 heteroatoms. The number of fused-ring (bicyclic) bond motifs is 2. The maximum absolute atomic E-state index is 13.3. The van der Waals surface area contributed by atoms with Crippen molar-refractivity contribution in [2.24, 2.45) is 0 Å². The predicted octanol–water partition coefficient (Wildman–Crippen LogP) is 4.57. The Labute approximate surface area is 225 Å². The molecule has 2 aliphatic heterocycles. The van der Waals surface area contributed by atoms with Crippen LogP contribution in [0.5, 0.6) is 5.75 Å². The molecule has 0 saturated carbocycles. The van der Waals surface area contributed by atoms with Gasteiger partial charge in [-0.2, -0.15) is 0 Å². The molecule has 2 aromatic rings. The van der Waals surface area contributed by atoms with Crippen LogP contribution in [0.3, 0.4) is 0 Å². The van der Waals surface area contributed by atoms with E-state index in [1.54, 1.807) is 24.3 Å². The first-order valence-corrected chi connectivity index (χ1v) is 25.9. The molecule has 35 heavy (non-hydrogen) atoms. The Bertz CT molecular complexity index is 1360. The maximum atomic E-state index is 13.3. The van der Waals surface area contributed by atoms with Gasteiger partial charge >= 0.3 is 228 Å². The van der Waals surface area contributed by atoms with Gasteiger partial charge in [0.25, 0.3) is 0 Å². The molecule has 2 fully saturated rings. The van der Waals surface area contributed by atoms with Crippen LogP contribution in [0.2, 0.25) is 0 Å². The van der Waals surface area contributed by atoms with Gasteiger partial charge < -0.3 is 0 Å². The van der Waals surface area contributed by atoms with Crippen molar-refractivity contribution < 1.29 is 19.8 Å². The second-order valence-electron chi connectivity index (χ2n) is 8.15. The van der Waals surface area contributed by atoms with E-state index in [2.05, 4.69) is 0 Å². The molecule has 0 spiro atoms. The third-order valence-corrected chi connectivity index (χ3v) is 33.7. The van der Waals surface area contributed by atoms with Gasteiger partial charge in [0.1, 0.15) is 0 Å². The van der Waals surface area contributed by atoms with Gasteiger partial charge in [-0.15, -0.1) is 0 Å². The van der Waals surface area contributed by atoms with Gasteiger partial charge in [0.05, 0.1) is 0 Å². The molecule has 4 aliphatic rings. The van der Waals surface area contributed by atoms with E-state index in [0.29, 0.717) is 17.7 Å². The van der Waals surface area contributed by atoms with E-state index in [9.17, 15) is 19.8 Å². The summed E-state index contributed by atoms with van der Waals surface area (Å²) in [5.41, 5.74) is 5.96. The first-order chi connectivity index (χ1) is 17.0. The molecule has 0 aromatic heterocycles. The van der Waals surface area contributed by atoms with Crippen molar-refractivity contribution in [1.29, 1.82) is 0 Å². The Morgan fingerprint density at radius 3 is 2.26 bits per heavy atom. The molecule has 0 radical (unpaired) electrons. The predicted molar refractivity (Wildman–Crippen MR) is 153 cm³/mol. The Morgan fingerprint density at radius 1 is 0.857 bits per heavy atom. The number of phenolic OH excluding ortho intramolecular Hbond substituents is 1. The van der Waals surface area contributed by atoms with Crippen molar-refractivity contribution in [2.75, 3.05) is 23.0 Å². The normalized spacial score (nSPS) is 20.5. The van der Waals surface area contributed by atoms with Crippen molar-refractivity contribution >= 4 is 86.5 Å². The third kappa shape index (κ3) is 4.32. The molecule has 6 rings (SSSR count). The van der Waals surface area contributed by atoms with Gasteiger partial charge in [0.2, 0.25) is 0 Å². The molecule has 2 saturated heterocycles. The minimum atomic E-state index is -1.62. The quantitative estimate of drug-likeness (QED) is 0.462. The average molecular weight is 663 g/mol. The molecule has 4 nitrogen and oxygen atoms in total. The summed E-state index contributed by atoms with van der Waals surface area (Å²) >= 11 is -3.19. The number of ketones is 1. The number of carbonyl (C=O) groups excluding carboxylic acids is 1. The molecule has 0 unspecified atom stereocenters. The number of phenols is 1. The van der Waals surface area contributed by atoms with Crippen molar-refractivity contribution in [3.05, 3.63) is 86.3 Å². The number of hydrogen-bond donors (Lipinski definition) is 2. The molecular weight excluding hydrogens is 642 g/mol. The van der Waals surface area contributed by atoms with Crippen LogP contribution >= 0.6 is 40.1 Å². The van der Waals surface area contributed by atoms with Crippen LogP contribution in [0.25, 0.3) is 5.57 Å². The van der Waals surface area contributed by atoms with E-state index in [1.165, 1.54) is 0 Å². The summed E-state index contributed by atoms with van der Waals surface area (Å²) in [6.45, 7) is 0. The summed E-state index contributed by atoms with van der Waals surface area (Å²) < 4.78 is 2.07. The molecule has 178 valence electrons. The number of aromatic carboxylic acids is 1. The molecular formula is C25H20As2O4S4. The number of allylic oxidation sites excluding steroid dienone is 5. The van der Waals surface area contributed by atoms with E-state index >= 15 is 0 Å². The molecule has 2 aliphatic carbocycles. The van der Waals surface area contributed by atoms with Crippen LogP contribution in [-0.4, -0.2) is 69.7 Å². The van der Waals surface area contributed by atoms with Crippen LogP contribution in [0.1, 0.15) is 27.0 Å². The van der Waals surface area contributed by atoms with Crippen LogP contribution in [0.4, 0.5) is 0 Å². The van der Waals surface area contributed by atoms with Crippen molar-refractivity contribution in [3.8, 4) is 5.75 Å². The van der Waals surface area contributed by atoms with E-state index < -0.39 is 30.6 Å². The van der Waals surface area contributed by atoms with Gasteiger partial charge in [-0.3, -0.25) is 0 Å². The van der Waals surface area contributed by atoms with E-state index in [-0.39, 0.29) is 11.3 Å². The van der Waals surface area contributed by atoms with Gasteiger partial charge in [-0.25, -0.2) is 0 Å². The van der Waals surface area contributed by atoms with E-state index in [0.717, 1.165) is 59.6 Å². The molecule has 2 N–H and O–H groups in total. The summed E-state index contributed by atoms with van der Waals surface area (Å²) in [4.78, 5) is 25.5. The topological polar surface area (TPSA) is 74.6 Å². The Kier molecular flexibility index (Phi) is 7.07. The first-order valence-electron chi connectivity index (χ1n) is 11.0.